The van der Waals surface area contributed by atoms with E-state index < -0.39 is 19.7 Å². The molecule has 330 valence electrons. The number of anilines is 4. The van der Waals surface area contributed by atoms with Crippen molar-refractivity contribution in [3.8, 4) is 20.9 Å². The number of rotatable bonds is 8. The lowest BCUT2D eigenvalue weighted by atomic mass is 10.1. The minimum absolute atomic E-state index is 0.125. The number of hydrogen-bond acceptors (Lipinski definition) is 16. The maximum atomic E-state index is 11.7. The van der Waals surface area contributed by atoms with Crippen molar-refractivity contribution in [2.75, 3.05) is 23.1 Å². The lowest BCUT2D eigenvalue weighted by molar-refractivity contribution is 0.591. The first-order chi connectivity index (χ1) is 31.7. The third-order valence-corrected chi connectivity index (χ3v) is 13.8. The lowest BCUT2D eigenvalue weighted by Crippen LogP contribution is -2.10. The first kappa shape index (κ1) is 43.8. The van der Waals surface area contributed by atoms with Crippen LogP contribution in [0.4, 0.5) is 23.0 Å². The Kier molecular flexibility index (Phi) is 12.1. The van der Waals surface area contributed by atoms with Crippen molar-refractivity contribution in [1.82, 2.24) is 50.3 Å². The fourth-order valence-corrected chi connectivity index (χ4v) is 10.1. The van der Waals surface area contributed by atoms with Gasteiger partial charge in [0.2, 0.25) is 30.0 Å². The Bertz CT molecular complexity index is 3800. The molecule has 5 N–H and O–H groups in total. The number of aromatic amines is 3. The molecule has 0 saturated heterocycles. The Balaban J connectivity index is 0.000000136. The molecule has 0 spiro atoms. The number of H-pyrrole nitrogens is 3. The van der Waals surface area contributed by atoms with Crippen molar-refractivity contribution < 1.29 is 16.8 Å². The lowest BCUT2D eigenvalue weighted by Gasteiger charge is -2.09. The molecule has 66 heavy (non-hydrogen) atoms. The van der Waals surface area contributed by atoms with Gasteiger partial charge in [0.05, 0.1) is 23.4 Å². The molecule has 22 heteroatoms. The molecule has 4 aromatic carbocycles. The van der Waals surface area contributed by atoms with Gasteiger partial charge in [-0.2, -0.15) is 10.2 Å². The third kappa shape index (κ3) is 9.94. The molecule has 0 aliphatic rings. The van der Waals surface area contributed by atoms with Gasteiger partial charge >= 0.3 is 5.69 Å². The molecule has 0 saturated carbocycles. The predicted octanol–water partition coefficient (Wildman–Crippen LogP) is 9.19. The average molecular weight is 974 g/mol. The highest BCUT2D eigenvalue weighted by Crippen LogP contribution is 2.40. The zero-order valence-corrected chi connectivity index (χ0v) is 38.4. The molecule has 7 aromatic heterocycles. The zero-order chi connectivity index (χ0) is 46.0. The maximum absolute atomic E-state index is 11.7. The fourth-order valence-electron chi connectivity index (χ4n) is 6.71. The Morgan fingerprint density at radius 3 is 1.61 bits per heavy atom. The number of halogens is 1. The van der Waals surface area contributed by atoms with E-state index in [2.05, 4.69) is 103 Å². The maximum Gasteiger partial charge on any atom is 0.346 e. The summed E-state index contributed by atoms with van der Waals surface area (Å²) < 4.78 is 47.5. The van der Waals surface area contributed by atoms with Gasteiger partial charge in [-0.15, -0.1) is 22.7 Å². The summed E-state index contributed by atoms with van der Waals surface area (Å²) in [5, 5.41) is 25.0. The first-order valence-electron chi connectivity index (χ1n) is 19.5. The van der Waals surface area contributed by atoms with Crippen LogP contribution in [0.15, 0.2) is 149 Å². The van der Waals surface area contributed by atoms with Gasteiger partial charge in [-0.25, -0.2) is 46.6 Å². The number of nitrogens with one attached hydrogen (secondary N) is 5. The van der Waals surface area contributed by atoms with Gasteiger partial charge in [0.25, 0.3) is 0 Å². The van der Waals surface area contributed by atoms with Gasteiger partial charge in [0.15, 0.2) is 0 Å². The smallest absolute Gasteiger partial charge is 0.342 e. The van der Waals surface area contributed by atoms with Crippen LogP contribution in [0.3, 0.4) is 0 Å². The van der Waals surface area contributed by atoms with E-state index >= 15 is 0 Å². The zero-order valence-electron chi connectivity index (χ0n) is 34.4. The van der Waals surface area contributed by atoms with E-state index in [0.717, 1.165) is 66.6 Å². The normalized spacial score (nSPS) is 11.6. The number of thiophene rings is 2. The quantitative estimate of drug-likeness (QED) is 0.0704. The number of sulfone groups is 2. The van der Waals surface area contributed by atoms with Crippen molar-refractivity contribution in [2.45, 2.75) is 10.3 Å². The largest absolute Gasteiger partial charge is 0.346 e. The Labute approximate surface area is 387 Å². The van der Waals surface area contributed by atoms with Gasteiger partial charge in [-0.1, -0.05) is 48.0 Å². The van der Waals surface area contributed by atoms with Gasteiger partial charge in [0.1, 0.15) is 16.8 Å². The second kappa shape index (κ2) is 18.2. The summed E-state index contributed by atoms with van der Waals surface area (Å²) in [6.07, 6.45) is 9.87. The number of nitrogens with zero attached hydrogens (tertiary/aromatic N) is 7. The first-order valence-corrected chi connectivity index (χ1v) is 25.3. The molecule has 0 radical (unpaired) electrons. The van der Waals surface area contributed by atoms with Crippen LogP contribution in [0.5, 0.6) is 0 Å². The highest BCUT2D eigenvalue weighted by molar-refractivity contribution is 7.90. The van der Waals surface area contributed by atoms with E-state index in [4.69, 9.17) is 11.6 Å². The Hall–Kier alpha value is -7.43. The van der Waals surface area contributed by atoms with Crippen molar-refractivity contribution in [2.24, 2.45) is 0 Å². The molecule has 11 rings (SSSR count). The van der Waals surface area contributed by atoms with Gasteiger partial charge < -0.3 is 10.6 Å². The Morgan fingerprint density at radius 1 is 0.576 bits per heavy atom. The minimum Gasteiger partial charge on any atom is -0.342 e. The molecule has 7 heterocycles. The SMILES string of the molecule is CS(=O)(=O)c1nccc(Cl)n1.CS(=O)(=O)c1nccc(Nc2cc(-c3cc4ccccc4s3)c3[nH]ncc3c2)n1.O=c1nccc(Nc2cc(-c3cc4ccccc4s3)c3[nH]ncc3c2)[nH]1. The summed E-state index contributed by atoms with van der Waals surface area (Å²) in [5.41, 5.74) is 5.29. The number of hydrogen-bond donors (Lipinski definition) is 5. The van der Waals surface area contributed by atoms with E-state index in [1.807, 2.05) is 42.5 Å². The van der Waals surface area contributed by atoms with E-state index in [0.29, 0.717) is 11.6 Å². The van der Waals surface area contributed by atoms with Crippen LogP contribution in [-0.4, -0.2) is 79.6 Å². The van der Waals surface area contributed by atoms with Crippen molar-refractivity contribution in [3.63, 3.8) is 0 Å². The molecule has 0 amide bonds. The van der Waals surface area contributed by atoms with Crippen molar-refractivity contribution >= 4 is 119 Å². The van der Waals surface area contributed by atoms with E-state index in [9.17, 15) is 21.6 Å². The van der Waals surface area contributed by atoms with Crippen molar-refractivity contribution in [3.05, 3.63) is 150 Å². The number of aromatic nitrogens is 10. The summed E-state index contributed by atoms with van der Waals surface area (Å²) in [6, 6.07) is 33.7. The third-order valence-electron chi connectivity index (χ3n) is 9.60. The summed E-state index contributed by atoms with van der Waals surface area (Å²) in [4.78, 5) is 35.0. The highest BCUT2D eigenvalue weighted by Gasteiger charge is 2.16. The summed E-state index contributed by atoms with van der Waals surface area (Å²) in [5.74, 6) is 1.00. The molecule has 0 aliphatic carbocycles. The van der Waals surface area contributed by atoms with Crippen molar-refractivity contribution in [1.29, 1.82) is 0 Å². The van der Waals surface area contributed by atoms with E-state index in [-0.39, 0.29) is 21.2 Å². The van der Waals surface area contributed by atoms with E-state index in [1.165, 1.54) is 44.8 Å². The number of benzene rings is 4. The molecule has 0 aliphatic heterocycles. The molecular formula is C44H33ClN12O5S4. The molecule has 0 fully saturated rings. The van der Waals surface area contributed by atoms with Crippen LogP contribution >= 0.6 is 34.3 Å². The van der Waals surface area contributed by atoms with Crippen LogP contribution < -0.4 is 16.3 Å². The standard InChI is InChI=1S/C20H15N5O2S2.C19H13N5OS.C5H5ClN2O2S/c1-29(26,27)20-21-7-6-18(24-20)23-14-8-13-11-22-25-19(13)15(10-14)17-9-12-4-2-3-5-16(12)28-17;25-19-20-6-5-17(23-19)22-13-7-12-10-21-24-18(12)14(9-13)16-8-11-3-1-2-4-15(11)26-16;1-11(9,10)5-7-3-2-4(6)8-5/h2-11H,1H3,(H,22,25)(H,21,23,24);1-10H,(H,21,24)(H2,20,22,23,25);2-3H,1H3. The monoisotopic (exact) mass is 972 g/mol. The summed E-state index contributed by atoms with van der Waals surface area (Å²) in [6.45, 7) is 0. The molecule has 0 atom stereocenters. The second-order valence-corrected chi connectivity index (χ2v) is 20.9. The molecule has 11 aromatic rings. The Morgan fingerprint density at radius 2 is 1.09 bits per heavy atom. The van der Waals surface area contributed by atoms with Crippen LogP contribution in [0, 0.1) is 0 Å². The minimum atomic E-state index is -3.48. The van der Waals surface area contributed by atoms with Gasteiger partial charge in [-0.05, 0) is 77.5 Å². The van der Waals surface area contributed by atoms with Crippen LogP contribution in [0.1, 0.15) is 0 Å². The highest BCUT2D eigenvalue weighted by atomic mass is 35.5. The molecular weight excluding hydrogens is 940 g/mol. The van der Waals surface area contributed by atoms with Crippen LogP contribution in [-0.2, 0) is 19.7 Å². The average Bonchev–Trinajstić information content (AvgIpc) is 4.12. The van der Waals surface area contributed by atoms with E-state index in [1.54, 1.807) is 47.2 Å². The van der Waals surface area contributed by atoms with Crippen LogP contribution in [0.25, 0.3) is 62.9 Å². The fraction of sp³-hybridized carbons (Fsp3) is 0.0455. The second-order valence-electron chi connectivity index (χ2n) is 14.5. The molecule has 17 nitrogen and oxygen atoms in total. The predicted molar refractivity (Wildman–Crippen MR) is 261 cm³/mol. The van der Waals surface area contributed by atoms with Gasteiger partial charge in [0, 0.05) is 83.5 Å². The molecule has 0 bridgehead atoms. The summed E-state index contributed by atoms with van der Waals surface area (Å²) >= 11 is 8.89. The van der Waals surface area contributed by atoms with Gasteiger partial charge in [-0.3, -0.25) is 15.2 Å². The summed E-state index contributed by atoms with van der Waals surface area (Å²) in [7, 11) is -6.82. The number of fused-ring (bicyclic) bond motifs is 4. The molecule has 0 unspecified atom stereocenters. The topological polar surface area (TPSA) is 247 Å². The van der Waals surface area contributed by atoms with Crippen LogP contribution in [0.2, 0.25) is 5.15 Å².